The summed E-state index contributed by atoms with van der Waals surface area (Å²) < 4.78 is 0. The molecule has 2 rings (SSSR count). The molecule has 2 aliphatic rings. The number of thioether (sulfide) groups is 1. The van der Waals surface area contributed by atoms with Gasteiger partial charge in [0.2, 0.25) is 0 Å². The zero-order valence-corrected chi connectivity index (χ0v) is 8.02. The minimum absolute atomic E-state index is 0.295. The zero-order valence-electron chi connectivity index (χ0n) is 7.20. The molecule has 0 aromatic heterocycles. The van der Waals surface area contributed by atoms with Crippen molar-refractivity contribution in [1.29, 1.82) is 0 Å². The number of piperidine rings is 1. The van der Waals surface area contributed by atoms with Crippen LogP contribution < -0.4 is 5.43 Å². The van der Waals surface area contributed by atoms with Gasteiger partial charge in [-0.1, -0.05) is 6.42 Å². The SMILES string of the molecule is C1=NC(NN2CCCCC2)SC1. The summed E-state index contributed by atoms with van der Waals surface area (Å²) in [6.07, 6.45) is 6.04. The summed E-state index contributed by atoms with van der Waals surface area (Å²) in [4.78, 5) is 4.31. The Balaban J connectivity index is 1.73. The van der Waals surface area contributed by atoms with E-state index in [1.165, 1.54) is 32.4 Å². The van der Waals surface area contributed by atoms with Gasteiger partial charge in [0.25, 0.3) is 0 Å². The third-order valence-corrected chi connectivity index (χ3v) is 3.10. The number of hydrogen-bond acceptors (Lipinski definition) is 4. The number of rotatable bonds is 2. The highest BCUT2D eigenvalue weighted by Crippen LogP contribution is 2.15. The minimum Gasteiger partial charge on any atom is -0.266 e. The van der Waals surface area contributed by atoms with Crippen molar-refractivity contribution in [2.24, 2.45) is 4.99 Å². The van der Waals surface area contributed by atoms with Crippen molar-refractivity contribution in [2.45, 2.75) is 24.8 Å². The largest absolute Gasteiger partial charge is 0.266 e. The summed E-state index contributed by atoms with van der Waals surface area (Å²) in [5.74, 6) is 1.06. The first-order valence-electron chi connectivity index (χ1n) is 4.59. The predicted octanol–water partition coefficient (Wildman–Crippen LogP) is 1.08. The Morgan fingerprint density at radius 1 is 1.33 bits per heavy atom. The van der Waals surface area contributed by atoms with E-state index in [2.05, 4.69) is 15.4 Å². The van der Waals surface area contributed by atoms with Gasteiger partial charge in [-0.05, 0) is 12.8 Å². The molecular weight excluding hydrogens is 170 g/mol. The quantitative estimate of drug-likeness (QED) is 0.697. The maximum absolute atomic E-state index is 4.31. The average molecular weight is 185 g/mol. The third-order valence-electron chi connectivity index (χ3n) is 2.22. The number of nitrogens with zero attached hydrogens (tertiary/aromatic N) is 2. The Hall–Kier alpha value is -0.0600. The van der Waals surface area contributed by atoms with Crippen molar-refractivity contribution in [3.8, 4) is 0 Å². The van der Waals surface area contributed by atoms with Crippen LogP contribution >= 0.6 is 11.8 Å². The maximum atomic E-state index is 4.31. The van der Waals surface area contributed by atoms with E-state index in [0.29, 0.717) is 5.50 Å². The molecule has 2 heterocycles. The Morgan fingerprint density at radius 3 is 2.83 bits per heavy atom. The molecule has 0 spiro atoms. The Labute approximate surface area is 77.6 Å². The van der Waals surface area contributed by atoms with Gasteiger partial charge < -0.3 is 0 Å². The lowest BCUT2D eigenvalue weighted by Crippen LogP contribution is -2.44. The van der Waals surface area contributed by atoms with Crippen LogP contribution in [0.1, 0.15) is 19.3 Å². The van der Waals surface area contributed by atoms with Gasteiger partial charge in [0.1, 0.15) is 0 Å². The van der Waals surface area contributed by atoms with Crippen LogP contribution in [0.2, 0.25) is 0 Å². The van der Waals surface area contributed by atoms with Crippen LogP contribution in [0.5, 0.6) is 0 Å². The topological polar surface area (TPSA) is 27.6 Å². The van der Waals surface area contributed by atoms with Crippen molar-refractivity contribution in [3.05, 3.63) is 0 Å². The molecule has 0 radical (unpaired) electrons. The van der Waals surface area contributed by atoms with Crippen molar-refractivity contribution < 1.29 is 0 Å². The van der Waals surface area contributed by atoms with Crippen LogP contribution in [0, 0.1) is 0 Å². The van der Waals surface area contributed by atoms with Crippen LogP contribution in [0.4, 0.5) is 0 Å². The molecule has 0 aromatic rings. The van der Waals surface area contributed by atoms with Crippen LogP contribution in [-0.4, -0.2) is 35.6 Å². The lowest BCUT2D eigenvalue weighted by Gasteiger charge is -2.28. The molecule has 3 nitrogen and oxygen atoms in total. The van der Waals surface area contributed by atoms with E-state index < -0.39 is 0 Å². The second-order valence-corrected chi connectivity index (χ2v) is 4.31. The van der Waals surface area contributed by atoms with E-state index in [1.54, 1.807) is 0 Å². The molecule has 2 aliphatic heterocycles. The number of aliphatic imine (C=N–C) groups is 1. The van der Waals surface area contributed by atoms with E-state index in [-0.39, 0.29) is 0 Å². The zero-order chi connectivity index (χ0) is 8.23. The molecule has 0 aromatic carbocycles. The van der Waals surface area contributed by atoms with Crippen molar-refractivity contribution >= 4 is 18.0 Å². The highest BCUT2D eigenvalue weighted by atomic mass is 32.2. The predicted molar refractivity (Wildman–Crippen MR) is 53.3 cm³/mol. The van der Waals surface area contributed by atoms with E-state index in [1.807, 2.05) is 18.0 Å². The first-order chi connectivity index (χ1) is 5.95. The summed E-state index contributed by atoms with van der Waals surface area (Å²) in [5, 5.41) is 2.31. The molecular formula is C8H15N3S. The lowest BCUT2D eigenvalue weighted by atomic mass is 10.2. The van der Waals surface area contributed by atoms with E-state index in [9.17, 15) is 0 Å². The Bertz CT molecular complexity index is 166. The molecule has 68 valence electrons. The molecule has 12 heavy (non-hydrogen) atoms. The molecule has 1 unspecified atom stereocenters. The van der Waals surface area contributed by atoms with Gasteiger partial charge in [-0.15, -0.1) is 11.8 Å². The summed E-state index contributed by atoms with van der Waals surface area (Å²) in [6, 6.07) is 0. The maximum Gasteiger partial charge on any atom is 0.159 e. The molecule has 4 heteroatoms. The molecule has 0 bridgehead atoms. The highest BCUT2D eigenvalue weighted by Gasteiger charge is 2.16. The van der Waals surface area contributed by atoms with Gasteiger partial charge in [-0.3, -0.25) is 4.99 Å². The standard InChI is InChI=1S/C8H15N3S/c1-2-5-11(6-3-1)10-8-9-4-7-12-8/h4,8,10H,1-3,5-7H2. The normalized spacial score (nSPS) is 31.2. The van der Waals surface area contributed by atoms with Gasteiger partial charge in [-0.2, -0.15) is 0 Å². The van der Waals surface area contributed by atoms with E-state index >= 15 is 0 Å². The van der Waals surface area contributed by atoms with Crippen LogP contribution in [-0.2, 0) is 0 Å². The summed E-state index contributed by atoms with van der Waals surface area (Å²) in [5.41, 5.74) is 3.71. The molecule has 0 saturated carbocycles. The summed E-state index contributed by atoms with van der Waals surface area (Å²) in [6.45, 7) is 2.37. The number of hydrogen-bond donors (Lipinski definition) is 1. The van der Waals surface area contributed by atoms with Crippen molar-refractivity contribution in [3.63, 3.8) is 0 Å². The fourth-order valence-corrected chi connectivity index (χ4v) is 2.32. The van der Waals surface area contributed by atoms with Crippen LogP contribution in [0.25, 0.3) is 0 Å². The molecule has 1 atom stereocenters. The van der Waals surface area contributed by atoms with Gasteiger partial charge in [0, 0.05) is 25.1 Å². The van der Waals surface area contributed by atoms with Gasteiger partial charge in [0.15, 0.2) is 5.50 Å². The molecule has 1 N–H and O–H groups in total. The van der Waals surface area contributed by atoms with E-state index in [4.69, 9.17) is 0 Å². The van der Waals surface area contributed by atoms with Crippen LogP contribution in [0.3, 0.4) is 0 Å². The van der Waals surface area contributed by atoms with E-state index in [0.717, 1.165) is 5.75 Å². The second kappa shape index (κ2) is 4.25. The van der Waals surface area contributed by atoms with Crippen molar-refractivity contribution in [2.75, 3.05) is 18.8 Å². The first kappa shape index (κ1) is 8.53. The summed E-state index contributed by atoms with van der Waals surface area (Å²) >= 11 is 1.86. The minimum atomic E-state index is 0.295. The van der Waals surface area contributed by atoms with Gasteiger partial charge in [0.05, 0.1) is 0 Å². The molecule has 0 aliphatic carbocycles. The Morgan fingerprint density at radius 2 is 2.17 bits per heavy atom. The fourth-order valence-electron chi connectivity index (χ4n) is 1.57. The number of nitrogens with one attached hydrogen (secondary N) is 1. The molecule has 0 amide bonds. The monoisotopic (exact) mass is 185 g/mol. The van der Waals surface area contributed by atoms with Crippen LogP contribution in [0.15, 0.2) is 4.99 Å². The fraction of sp³-hybridized carbons (Fsp3) is 0.875. The second-order valence-electron chi connectivity index (χ2n) is 3.19. The molecule has 1 fully saturated rings. The van der Waals surface area contributed by atoms with Crippen molar-refractivity contribution in [1.82, 2.24) is 10.4 Å². The van der Waals surface area contributed by atoms with Gasteiger partial charge in [-0.25, -0.2) is 10.4 Å². The number of hydrazine groups is 1. The smallest absolute Gasteiger partial charge is 0.159 e. The average Bonchev–Trinajstić information content (AvgIpc) is 2.59. The third kappa shape index (κ3) is 2.21. The summed E-state index contributed by atoms with van der Waals surface area (Å²) in [7, 11) is 0. The lowest BCUT2D eigenvalue weighted by molar-refractivity contribution is 0.151. The Kier molecular flexibility index (Phi) is 3.03. The highest BCUT2D eigenvalue weighted by molar-refractivity contribution is 8.00. The molecule has 1 saturated heterocycles. The first-order valence-corrected chi connectivity index (χ1v) is 5.64. The van der Waals surface area contributed by atoms with Gasteiger partial charge >= 0.3 is 0 Å².